The van der Waals surface area contributed by atoms with Gasteiger partial charge in [0.15, 0.2) is 9.84 Å². The van der Waals surface area contributed by atoms with Crippen molar-refractivity contribution in [1.82, 2.24) is 0 Å². The van der Waals surface area contributed by atoms with Gasteiger partial charge in [-0.05, 0) is 31.5 Å². The second-order valence-electron chi connectivity index (χ2n) is 3.86. The summed E-state index contributed by atoms with van der Waals surface area (Å²) >= 11 is 0. The molecule has 1 rings (SSSR count). The van der Waals surface area contributed by atoms with Crippen LogP contribution in [0.3, 0.4) is 0 Å². The van der Waals surface area contributed by atoms with Crippen LogP contribution in [0.4, 0.5) is 0 Å². The molecule has 1 aromatic carbocycles. The highest BCUT2D eigenvalue weighted by Gasteiger charge is 2.16. The molecule has 0 heterocycles. The molecular weight excluding hydrogens is 200 g/mol. The summed E-state index contributed by atoms with van der Waals surface area (Å²) in [6.45, 7) is 3.31. The second-order valence-corrected chi connectivity index (χ2v) is 5.87. The number of rotatable bonds is 2. The van der Waals surface area contributed by atoms with Crippen LogP contribution < -0.4 is 0 Å². The van der Waals surface area contributed by atoms with Crippen molar-refractivity contribution in [3.05, 3.63) is 29.8 Å². The highest BCUT2D eigenvalue weighted by molar-refractivity contribution is 7.90. The molecule has 0 radical (unpaired) electrons. The van der Waals surface area contributed by atoms with E-state index in [4.69, 9.17) is 0 Å². The number of sulfone groups is 1. The lowest BCUT2D eigenvalue weighted by molar-refractivity contribution is 0.0785. The van der Waals surface area contributed by atoms with Gasteiger partial charge in [0, 0.05) is 6.26 Å². The maximum Gasteiger partial charge on any atom is 0.175 e. The largest absolute Gasteiger partial charge is 0.386 e. The van der Waals surface area contributed by atoms with Crippen LogP contribution in [0, 0.1) is 0 Å². The van der Waals surface area contributed by atoms with Crippen molar-refractivity contribution in [2.24, 2.45) is 0 Å². The van der Waals surface area contributed by atoms with Gasteiger partial charge in [0.1, 0.15) is 0 Å². The smallest absolute Gasteiger partial charge is 0.175 e. The summed E-state index contributed by atoms with van der Waals surface area (Å²) in [6.07, 6.45) is 1.16. The van der Waals surface area contributed by atoms with E-state index in [0.29, 0.717) is 5.56 Å². The first-order chi connectivity index (χ1) is 6.21. The molecule has 1 aromatic rings. The molecule has 0 aliphatic heterocycles. The van der Waals surface area contributed by atoms with Gasteiger partial charge in [-0.3, -0.25) is 0 Å². The maximum atomic E-state index is 11.1. The first-order valence-electron chi connectivity index (χ1n) is 4.24. The van der Waals surface area contributed by atoms with Crippen molar-refractivity contribution in [2.75, 3.05) is 6.26 Å². The molecule has 14 heavy (non-hydrogen) atoms. The van der Waals surface area contributed by atoms with E-state index < -0.39 is 15.4 Å². The molecule has 4 heteroatoms. The summed E-state index contributed by atoms with van der Waals surface area (Å²) in [5, 5.41) is 9.63. The molecule has 0 saturated carbocycles. The zero-order valence-electron chi connectivity index (χ0n) is 8.48. The molecule has 0 atom stereocenters. The Morgan fingerprint density at radius 2 is 1.57 bits per heavy atom. The van der Waals surface area contributed by atoms with Crippen molar-refractivity contribution >= 4 is 9.84 Å². The van der Waals surface area contributed by atoms with Gasteiger partial charge in [0.05, 0.1) is 10.5 Å². The monoisotopic (exact) mass is 214 g/mol. The molecule has 0 spiro atoms. The molecule has 78 valence electrons. The van der Waals surface area contributed by atoms with Crippen LogP contribution in [0.15, 0.2) is 29.2 Å². The number of hydrogen-bond acceptors (Lipinski definition) is 3. The van der Waals surface area contributed by atoms with Crippen LogP contribution in [0.1, 0.15) is 19.4 Å². The minimum absolute atomic E-state index is 0.269. The molecule has 0 amide bonds. The fourth-order valence-corrected chi connectivity index (χ4v) is 1.74. The molecule has 3 nitrogen and oxygen atoms in total. The number of aliphatic hydroxyl groups is 1. The predicted molar refractivity (Wildman–Crippen MR) is 54.8 cm³/mol. The fourth-order valence-electron chi connectivity index (χ4n) is 1.11. The Balaban J connectivity index is 3.14. The van der Waals surface area contributed by atoms with Crippen molar-refractivity contribution in [3.8, 4) is 0 Å². The third kappa shape index (κ3) is 2.56. The van der Waals surface area contributed by atoms with Crippen LogP contribution in [0.5, 0.6) is 0 Å². The van der Waals surface area contributed by atoms with Gasteiger partial charge in [0.25, 0.3) is 0 Å². The normalized spacial score (nSPS) is 12.9. The second kappa shape index (κ2) is 3.37. The lowest BCUT2D eigenvalue weighted by atomic mass is 9.99. The number of hydrogen-bond donors (Lipinski definition) is 1. The zero-order valence-corrected chi connectivity index (χ0v) is 9.30. The average molecular weight is 214 g/mol. The average Bonchev–Trinajstić information content (AvgIpc) is 2.01. The summed E-state index contributed by atoms with van der Waals surface area (Å²) in [5.41, 5.74) is -0.236. The molecule has 0 fully saturated rings. The Kier molecular flexibility index (Phi) is 2.69. The van der Waals surface area contributed by atoms with Crippen molar-refractivity contribution in [2.45, 2.75) is 24.3 Å². The fraction of sp³-hybridized carbons (Fsp3) is 0.400. The van der Waals surface area contributed by atoms with Gasteiger partial charge in [-0.2, -0.15) is 0 Å². The first kappa shape index (κ1) is 11.2. The molecule has 0 aliphatic carbocycles. The molecule has 0 unspecified atom stereocenters. The third-order valence-corrected chi connectivity index (χ3v) is 3.12. The minimum atomic E-state index is -3.15. The van der Waals surface area contributed by atoms with Gasteiger partial charge in [0.2, 0.25) is 0 Å². The molecule has 1 N–H and O–H groups in total. The highest BCUT2D eigenvalue weighted by Crippen LogP contribution is 2.20. The van der Waals surface area contributed by atoms with Crippen molar-refractivity contribution in [1.29, 1.82) is 0 Å². The summed E-state index contributed by atoms with van der Waals surface area (Å²) < 4.78 is 22.3. The van der Waals surface area contributed by atoms with Crippen molar-refractivity contribution in [3.63, 3.8) is 0 Å². The highest BCUT2D eigenvalue weighted by atomic mass is 32.2. The molecule has 0 saturated heterocycles. The Labute approximate surface area is 84.3 Å². The Morgan fingerprint density at radius 1 is 1.14 bits per heavy atom. The molecular formula is C10H14O3S. The standard InChI is InChI=1S/C10H14O3S/c1-10(2,11)8-4-6-9(7-5-8)14(3,12)13/h4-7,11H,1-3H3. The van der Waals surface area contributed by atoms with E-state index in [1.165, 1.54) is 12.1 Å². The van der Waals surface area contributed by atoms with Crippen LogP contribution in [-0.2, 0) is 15.4 Å². The summed E-state index contributed by atoms with van der Waals surface area (Å²) in [6, 6.07) is 6.25. The Hall–Kier alpha value is -0.870. The predicted octanol–water partition coefficient (Wildman–Crippen LogP) is 1.32. The van der Waals surface area contributed by atoms with E-state index in [1.807, 2.05) is 0 Å². The summed E-state index contributed by atoms with van der Waals surface area (Å²) in [5.74, 6) is 0. The van der Waals surface area contributed by atoms with Crippen LogP contribution in [0.2, 0.25) is 0 Å². The quantitative estimate of drug-likeness (QED) is 0.807. The van der Waals surface area contributed by atoms with E-state index in [2.05, 4.69) is 0 Å². The van der Waals surface area contributed by atoms with E-state index >= 15 is 0 Å². The Morgan fingerprint density at radius 3 is 1.86 bits per heavy atom. The minimum Gasteiger partial charge on any atom is -0.386 e. The summed E-state index contributed by atoms with van der Waals surface area (Å²) in [4.78, 5) is 0.269. The maximum absolute atomic E-state index is 11.1. The van der Waals surface area contributed by atoms with Crippen molar-refractivity contribution < 1.29 is 13.5 Å². The topological polar surface area (TPSA) is 54.4 Å². The van der Waals surface area contributed by atoms with Gasteiger partial charge >= 0.3 is 0 Å². The third-order valence-electron chi connectivity index (χ3n) is 1.99. The first-order valence-corrected chi connectivity index (χ1v) is 6.13. The van der Waals surface area contributed by atoms with Crippen LogP contribution in [-0.4, -0.2) is 19.8 Å². The van der Waals surface area contributed by atoms with E-state index in [1.54, 1.807) is 26.0 Å². The zero-order chi connectivity index (χ0) is 11.0. The van der Waals surface area contributed by atoms with Gasteiger partial charge < -0.3 is 5.11 Å². The van der Waals surface area contributed by atoms with E-state index in [0.717, 1.165) is 6.26 Å². The lowest BCUT2D eigenvalue weighted by Gasteiger charge is -2.17. The van der Waals surface area contributed by atoms with E-state index in [-0.39, 0.29) is 4.90 Å². The van der Waals surface area contributed by atoms with Gasteiger partial charge in [-0.1, -0.05) is 12.1 Å². The molecule has 0 bridgehead atoms. The summed E-state index contributed by atoms with van der Waals surface area (Å²) in [7, 11) is -3.15. The van der Waals surface area contributed by atoms with Crippen LogP contribution in [0.25, 0.3) is 0 Å². The van der Waals surface area contributed by atoms with Gasteiger partial charge in [-0.15, -0.1) is 0 Å². The molecule has 0 aliphatic rings. The lowest BCUT2D eigenvalue weighted by Crippen LogP contribution is -2.15. The Bertz CT molecular complexity index is 410. The molecule has 0 aromatic heterocycles. The van der Waals surface area contributed by atoms with Crippen LogP contribution >= 0.6 is 0 Å². The number of benzene rings is 1. The van der Waals surface area contributed by atoms with Gasteiger partial charge in [-0.25, -0.2) is 8.42 Å². The van der Waals surface area contributed by atoms with E-state index in [9.17, 15) is 13.5 Å². The SMILES string of the molecule is CC(C)(O)c1ccc(S(C)(=O)=O)cc1.